The van der Waals surface area contributed by atoms with Gasteiger partial charge in [-0.15, -0.1) is 0 Å². The predicted molar refractivity (Wildman–Crippen MR) is 35.7 cm³/mol. The number of likely N-dealkylation sites (tertiary alicyclic amines) is 1. The summed E-state index contributed by atoms with van der Waals surface area (Å²) in [7, 11) is 0. The fourth-order valence-corrected chi connectivity index (χ4v) is 1.11. The number of rotatable bonds is 1. The van der Waals surface area contributed by atoms with Crippen LogP contribution in [0, 0.1) is 0 Å². The molecule has 6 heteroatoms. The molecule has 1 heterocycles. The second-order valence-corrected chi connectivity index (χ2v) is 2.72. The van der Waals surface area contributed by atoms with Crippen molar-refractivity contribution in [1.29, 1.82) is 0 Å². The number of carbonyl (C=O) groups is 2. The summed E-state index contributed by atoms with van der Waals surface area (Å²) in [5.74, 6) is -1.59. The first-order valence-corrected chi connectivity index (χ1v) is 3.36. The fourth-order valence-electron chi connectivity index (χ4n) is 1.11. The number of aliphatic carboxylic acids is 1. The highest BCUT2D eigenvalue weighted by molar-refractivity contribution is 5.79. The van der Waals surface area contributed by atoms with E-state index in [1.54, 1.807) is 0 Å². The van der Waals surface area contributed by atoms with E-state index < -0.39 is 24.3 Å². The molecule has 0 aromatic heterocycles. The summed E-state index contributed by atoms with van der Waals surface area (Å²) in [6.45, 7) is -0.629. The number of halogens is 1. The van der Waals surface area contributed by atoms with Crippen LogP contribution in [0.5, 0.6) is 0 Å². The zero-order chi connectivity index (χ0) is 9.35. The van der Waals surface area contributed by atoms with E-state index in [1.165, 1.54) is 0 Å². The average Bonchev–Trinajstić information content (AvgIpc) is 2.33. The molecule has 0 aliphatic carbocycles. The topological polar surface area (TPSA) is 77.8 Å². The Hall–Kier alpha value is -1.33. The Morgan fingerprint density at radius 2 is 2.00 bits per heavy atom. The van der Waals surface area contributed by atoms with Crippen LogP contribution in [0.1, 0.15) is 6.42 Å². The van der Waals surface area contributed by atoms with Gasteiger partial charge in [0.05, 0.1) is 6.54 Å². The molecule has 1 saturated heterocycles. The van der Waals surface area contributed by atoms with E-state index in [-0.39, 0.29) is 13.0 Å². The highest BCUT2D eigenvalue weighted by atomic mass is 19.1. The van der Waals surface area contributed by atoms with Gasteiger partial charge in [0, 0.05) is 13.0 Å². The molecule has 1 aliphatic rings. The summed E-state index contributed by atoms with van der Waals surface area (Å²) in [5.41, 5.74) is -2.39. The number of amides is 1. The van der Waals surface area contributed by atoms with Gasteiger partial charge in [0.25, 0.3) is 0 Å². The molecule has 0 aromatic rings. The van der Waals surface area contributed by atoms with Gasteiger partial charge in [0.2, 0.25) is 5.67 Å². The molecule has 0 spiro atoms. The minimum Gasteiger partial charge on any atom is -0.479 e. The number of nitrogens with zero attached hydrogens (tertiary/aromatic N) is 1. The van der Waals surface area contributed by atoms with Gasteiger partial charge in [-0.2, -0.15) is 0 Å². The Morgan fingerprint density at radius 1 is 1.42 bits per heavy atom. The van der Waals surface area contributed by atoms with Gasteiger partial charge in [-0.1, -0.05) is 0 Å². The number of hydrogen-bond acceptors (Lipinski definition) is 2. The van der Waals surface area contributed by atoms with Crippen molar-refractivity contribution in [3.8, 4) is 0 Å². The minimum absolute atomic E-state index is 0.0574. The van der Waals surface area contributed by atoms with Crippen LogP contribution in [0.3, 0.4) is 0 Å². The van der Waals surface area contributed by atoms with E-state index in [2.05, 4.69) is 0 Å². The van der Waals surface area contributed by atoms with E-state index in [0.29, 0.717) is 0 Å². The number of alkyl halides is 1. The molecule has 1 fully saturated rings. The lowest BCUT2D eigenvalue weighted by molar-refractivity contribution is -0.149. The first kappa shape index (κ1) is 8.76. The number of hydrogen-bond donors (Lipinski definition) is 2. The van der Waals surface area contributed by atoms with Crippen molar-refractivity contribution in [1.82, 2.24) is 4.90 Å². The monoisotopic (exact) mass is 177 g/mol. The zero-order valence-electron chi connectivity index (χ0n) is 6.16. The largest absolute Gasteiger partial charge is 0.479 e. The molecule has 0 radical (unpaired) electrons. The van der Waals surface area contributed by atoms with Crippen molar-refractivity contribution in [3.63, 3.8) is 0 Å². The van der Waals surface area contributed by atoms with Crippen LogP contribution < -0.4 is 0 Å². The smallest absolute Gasteiger partial charge is 0.407 e. The SMILES string of the molecule is O=C(O)N1CCC(F)(C(=O)O)C1. The second-order valence-electron chi connectivity index (χ2n) is 2.72. The summed E-state index contributed by atoms with van der Waals surface area (Å²) in [5, 5.41) is 16.8. The van der Waals surface area contributed by atoms with Gasteiger partial charge >= 0.3 is 12.1 Å². The van der Waals surface area contributed by atoms with Crippen LogP contribution in [0.15, 0.2) is 0 Å². The molecule has 0 bridgehead atoms. The lowest BCUT2D eigenvalue weighted by Crippen LogP contribution is -2.38. The van der Waals surface area contributed by atoms with Crippen LogP contribution in [-0.2, 0) is 4.79 Å². The van der Waals surface area contributed by atoms with Gasteiger partial charge in [-0.05, 0) is 0 Å². The van der Waals surface area contributed by atoms with E-state index in [0.717, 1.165) is 4.90 Å². The molecule has 12 heavy (non-hydrogen) atoms. The lowest BCUT2D eigenvalue weighted by Gasteiger charge is -2.13. The Labute approximate surface area is 67.4 Å². The number of carboxylic acids is 1. The average molecular weight is 177 g/mol. The van der Waals surface area contributed by atoms with Crippen molar-refractivity contribution in [2.75, 3.05) is 13.1 Å². The van der Waals surface area contributed by atoms with E-state index in [4.69, 9.17) is 10.2 Å². The molecular weight excluding hydrogens is 169 g/mol. The van der Waals surface area contributed by atoms with Crippen LogP contribution in [0.25, 0.3) is 0 Å². The Morgan fingerprint density at radius 3 is 2.25 bits per heavy atom. The molecule has 0 aromatic carbocycles. The maximum atomic E-state index is 13.1. The van der Waals surface area contributed by atoms with Crippen molar-refractivity contribution in [3.05, 3.63) is 0 Å². The normalized spacial score (nSPS) is 28.9. The van der Waals surface area contributed by atoms with Gasteiger partial charge in [0.1, 0.15) is 0 Å². The summed E-state index contributed by atoms with van der Waals surface area (Å²) in [6, 6.07) is 0. The highest BCUT2D eigenvalue weighted by Gasteiger charge is 2.46. The maximum Gasteiger partial charge on any atom is 0.407 e. The first-order chi connectivity index (χ1) is 5.46. The van der Waals surface area contributed by atoms with E-state index >= 15 is 0 Å². The Balaban J connectivity index is 2.67. The van der Waals surface area contributed by atoms with Crippen molar-refractivity contribution >= 4 is 12.1 Å². The molecular formula is C6H8FNO4. The van der Waals surface area contributed by atoms with Crippen LogP contribution in [0.2, 0.25) is 0 Å². The summed E-state index contributed by atoms with van der Waals surface area (Å²) < 4.78 is 13.1. The van der Waals surface area contributed by atoms with Crippen molar-refractivity contribution in [2.45, 2.75) is 12.1 Å². The third-order valence-electron chi connectivity index (χ3n) is 1.87. The van der Waals surface area contributed by atoms with E-state index in [1.807, 2.05) is 0 Å². The van der Waals surface area contributed by atoms with Crippen LogP contribution >= 0.6 is 0 Å². The van der Waals surface area contributed by atoms with E-state index in [9.17, 15) is 14.0 Å². The summed E-state index contributed by atoms with van der Waals surface area (Å²) >= 11 is 0. The molecule has 1 aliphatic heterocycles. The molecule has 68 valence electrons. The Kier molecular flexibility index (Phi) is 1.91. The third kappa shape index (κ3) is 1.32. The summed E-state index contributed by atoms with van der Waals surface area (Å²) in [4.78, 5) is 21.3. The van der Waals surface area contributed by atoms with Gasteiger partial charge in [-0.3, -0.25) is 0 Å². The molecule has 0 saturated carbocycles. The molecule has 5 nitrogen and oxygen atoms in total. The van der Waals surface area contributed by atoms with Gasteiger partial charge in [-0.25, -0.2) is 14.0 Å². The second kappa shape index (κ2) is 2.62. The maximum absolute atomic E-state index is 13.1. The number of carboxylic acid groups (broad SMARTS) is 2. The fraction of sp³-hybridized carbons (Fsp3) is 0.667. The third-order valence-corrected chi connectivity index (χ3v) is 1.87. The molecule has 1 rings (SSSR count). The molecule has 1 unspecified atom stereocenters. The van der Waals surface area contributed by atoms with Crippen LogP contribution in [0.4, 0.5) is 9.18 Å². The Bertz CT molecular complexity index is 232. The molecule has 2 N–H and O–H groups in total. The standard InChI is InChI=1S/C6H8FNO4/c7-6(4(9)10)1-2-8(3-6)5(11)12/h1-3H2,(H,9,10)(H,11,12). The highest BCUT2D eigenvalue weighted by Crippen LogP contribution is 2.25. The molecule has 1 amide bonds. The minimum atomic E-state index is -2.39. The first-order valence-electron chi connectivity index (χ1n) is 3.36. The summed E-state index contributed by atoms with van der Waals surface area (Å²) in [6.07, 6.45) is -1.55. The van der Waals surface area contributed by atoms with Gasteiger partial charge in [0.15, 0.2) is 0 Å². The quantitative estimate of drug-likeness (QED) is 0.598. The lowest BCUT2D eigenvalue weighted by atomic mass is 10.1. The molecule has 1 atom stereocenters. The van der Waals surface area contributed by atoms with Crippen molar-refractivity contribution in [2.24, 2.45) is 0 Å². The zero-order valence-corrected chi connectivity index (χ0v) is 6.16. The van der Waals surface area contributed by atoms with Gasteiger partial charge < -0.3 is 15.1 Å². The van der Waals surface area contributed by atoms with Crippen LogP contribution in [-0.4, -0.2) is 45.9 Å². The van der Waals surface area contributed by atoms with Crippen molar-refractivity contribution < 1.29 is 24.2 Å². The predicted octanol–water partition coefficient (Wildman–Crippen LogP) is 0.163.